The Balaban J connectivity index is 2.35. The van der Waals surface area contributed by atoms with E-state index in [1.807, 2.05) is 44.2 Å². The van der Waals surface area contributed by atoms with Gasteiger partial charge in [-0.1, -0.05) is 30.3 Å². The number of hydrogen-bond acceptors (Lipinski definition) is 3. The average molecular weight is 300 g/mol. The lowest BCUT2D eigenvalue weighted by Crippen LogP contribution is -2.38. The van der Waals surface area contributed by atoms with Crippen LogP contribution in [0, 0.1) is 13.8 Å². The van der Waals surface area contributed by atoms with E-state index < -0.39 is 0 Å². The number of rotatable bonds is 2. The molecule has 0 aliphatic heterocycles. The van der Waals surface area contributed by atoms with Gasteiger partial charge in [0.1, 0.15) is 4.83 Å². The first-order valence-electron chi connectivity index (χ1n) is 6.74. The lowest BCUT2D eigenvalue weighted by atomic mass is 10.2. The van der Waals surface area contributed by atoms with Crippen molar-refractivity contribution in [3.05, 3.63) is 67.2 Å². The fourth-order valence-electron chi connectivity index (χ4n) is 2.48. The molecule has 1 aromatic carbocycles. The molecule has 0 radical (unpaired) electrons. The van der Waals surface area contributed by atoms with Crippen LogP contribution in [0.15, 0.2) is 39.9 Å². The van der Waals surface area contributed by atoms with Gasteiger partial charge in [0.2, 0.25) is 0 Å². The number of benzene rings is 1. The quantitative estimate of drug-likeness (QED) is 0.729. The molecule has 5 heteroatoms. The second-order valence-electron chi connectivity index (χ2n) is 5.18. The largest absolute Gasteiger partial charge is 0.332 e. The summed E-state index contributed by atoms with van der Waals surface area (Å²) in [4.78, 5) is 26.6. The van der Waals surface area contributed by atoms with Crippen LogP contribution in [0.4, 0.5) is 0 Å². The maximum Gasteiger partial charge on any atom is 0.332 e. The lowest BCUT2D eigenvalue weighted by Gasteiger charge is -2.09. The van der Waals surface area contributed by atoms with Crippen molar-refractivity contribution in [3.63, 3.8) is 0 Å². The van der Waals surface area contributed by atoms with Crippen molar-refractivity contribution in [2.24, 2.45) is 7.05 Å². The van der Waals surface area contributed by atoms with Crippen LogP contribution in [-0.4, -0.2) is 9.13 Å². The summed E-state index contributed by atoms with van der Waals surface area (Å²) in [7, 11) is 1.54. The molecule has 2 heterocycles. The van der Waals surface area contributed by atoms with Gasteiger partial charge in [0.25, 0.3) is 5.56 Å². The highest BCUT2D eigenvalue weighted by atomic mass is 32.1. The molecule has 2 aromatic heterocycles. The van der Waals surface area contributed by atoms with Crippen molar-refractivity contribution < 1.29 is 0 Å². The fraction of sp³-hybridized carbons (Fsp3) is 0.250. The zero-order valence-electron chi connectivity index (χ0n) is 12.2. The van der Waals surface area contributed by atoms with E-state index in [0.717, 1.165) is 20.8 Å². The zero-order chi connectivity index (χ0) is 15.1. The normalized spacial score (nSPS) is 11.2. The monoisotopic (exact) mass is 300 g/mol. The molecule has 108 valence electrons. The molecule has 0 fully saturated rings. The minimum absolute atomic E-state index is 0.207. The number of hydrogen-bond donors (Lipinski definition) is 0. The van der Waals surface area contributed by atoms with Crippen molar-refractivity contribution in [1.82, 2.24) is 9.13 Å². The highest BCUT2D eigenvalue weighted by Crippen LogP contribution is 2.26. The van der Waals surface area contributed by atoms with E-state index in [2.05, 4.69) is 0 Å². The zero-order valence-corrected chi connectivity index (χ0v) is 13.0. The van der Waals surface area contributed by atoms with Gasteiger partial charge in [-0.3, -0.25) is 13.9 Å². The molecule has 0 saturated carbocycles. The summed E-state index contributed by atoms with van der Waals surface area (Å²) in [5.41, 5.74) is 1.54. The van der Waals surface area contributed by atoms with Gasteiger partial charge < -0.3 is 0 Å². The van der Waals surface area contributed by atoms with Crippen molar-refractivity contribution >= 4 is 21.6 Å². The second-order valence-corrected chi connectivity index (χ2v) is 6.39. The molecular weight excluding hydrogens is 284 g/mol. The van der Waals surface area contributed by atoms with Crippen molar-refractivity contribution in [1.29, 1.82) is 0 Å². The standard InChI is InChI=1S/C16H16N2O2S/c1-10-11(2)21-15-13(10)14(19)17(3)16(20)18(15)9-12-7-5-4-6-8-12/h4-8H,9H2,1-3H3. The number of aromatic nitrogens is 2. The third-order valence-corrected chi connectivity index (χ3v) is 5.06. The third kappa shape index (κ3) is 2.14. The average Bonchev–Trinajstić information content (AvgIpc) is 2.78. The molecule has 3 rings (SSSR count). The maximum atomic E-state index is 12.5. The van der Waals surface area contributed by atoms with Gasteiger partial charge in [0.05, 0.1) is 11.9 Å². The van der Waals surface area contributed by atoms with Gasteiger partial charge in [-0.25, -0.2) is 4.79 Å². The summed E-state index contributed by atoms with van der Waals surface area (Å²) in [6.45, 7) is 4.40. The maximum absolute atomic E-state index is 12.5. The molecule has 0 bridgehead atoms. The van der Waals surface area contributed by atoms with Gasteiger partial charge >= 0.3 is 5.69 Å². The molecule has 21 heavy (non-hydrogen) atoms. The third-order valence-electron chi connectivity index (χ3n) is 3.83. The molecule has 0 amide bonds. The number of thiophene rings is 1. The van der Waals surface area contributed by atoms with Crippen LogP contribution in [0.5, 0.6) is 0 Å². The molecule has 3 aromatic rings. The first kappa shape index (κ1) is 13.8. The van der Waals surface area contributed by atoms with Crippen LogP contribution in [0.1, 0.15) is 16.0 Å². The Morgan fingerprint density at radius 1 is 1.10 bits per heavy atom. The van der Waals surface area contributed by atoms with E-state index in [0.29, 0.717) is 11.9 Å². The highest BCUT2D eigenvalue weighted by molar-refractivity contribution is 7.18. The topological polar surface area (TPSA) is 44.0 Å². The van der Waals surface area contributed by atoms with E-state index in [9.17, 15) is 9.59 Å². The van der Waals surface area contributed by atoms with Crippen molar-refractivity contribution in [2.45, 2.75) is 20.4 Å². The summed E-state index contributed by atoms with van der Waals surface area (Å²) < 4.78 is 2.89. The van der Waals surface area contributed by atoms with Gasteiger partial charge in [0.15, 0.2) is 0 Å². The molecule has 0 atom stereocenters. The molecule has 0 saturated heterocycles. The SMILES string of the molecule is Cc1sc2c(c1C)c(=O)n(C)c(=O)n2Cc1ccccc1. The molecule has 0 aliphatic rings. The van der Waals surface area contributed by atoms with Crippen LogP contribution in [-0.2, 0) is 13.6 Å². The van der Waals surface area contributed by atoms with Crippen molar-refractivity contribution in [2.75, 3.05) is 0 Å². The first-order valence-corrected chi connectivity index (χ1v) is 7.56. The van der Waals surface area contributed by atoms with Crippen LogP contribution in [0.3, 0.4) is 0 Å². The Bertz CT molecular complexity index is 933. The van der Waals surface area contributed by atoms with Gasteiger partial charge in [-0.05, 0) is 25.0 Å². The van der Waals surface area contributed by atoms with E-state index in [-0.39, 0.29) is 11.2 Å². The Hall–Kier alpha value is -2.14. The van der Waals surface area contributed by atoms with E-state index in [1.165, 1.54) is 23.0 Å². The predicted molar refractivity (Wildman–Crippen MR) is 86.3 cm³/mol. The van der Waals surface area contributed by atoms with Gasteiger partial charge in [-0.15, -0.1) is 11.3 Å². The molecule has 4 nitrogen and oxygen atoms in total. The molecular formula is C16H16N2O2S. The smallest absolute Gasteiger partial charge is 0.280 e. The minimum Gasteiger partial charge on any atom is -0.280 e. The molecule has 0 N–H and O–H groups in total. The summed E-state index contributed by atoms with van der Waals surface area (Å²) in [5.74, 6) is 0. The summed E-state index contributed by atoms with van der Waals surface area (Å²) in [6, 6.07) is 9.81. The van der Waals surface area contributed by atoms with Crippen LogP contribution in [0.25, 0.3) is 10.2 Å². The van der Waals surface area contributed by atoms with Crippen LogP contribution >= 0.6 is 11.3 Å². The number of fused-ring (bicyclic) bond motifs is 1. The van der Waals surface area contributed by atoms with Crippen molar-refractivity contribution in [3.8, 4) is 0 Å². The number of nitrogens with zero attached hydrogens (tertiary/aromatic N) is 2. The minimum atomic E-state index is -0.266. The Labute approximate surface area is 125 Å². The second kappa shape index (κ2) is 5.00. The van der Waals surface area contributed by atoms with E-state index in [1.54, 1.807) is 4.57 Å². The summed E-state index contributed by atoms with van der Waals surface area (Å²) >= 11 is 1.51. The molecule has 0 spiro atoms. The van der Waals surface area contributed by atoms with Crippen LogP contribution < -0.4 is 11.2 Å². The van der Waals surface area contributed by atoms with E-state index in [4.69, 9.17) is 0 Å². The Morgan fingerprint density at radius 3 is 2.43 bits per heavy atom. The van der Waals surface area contributed by atoms with Crippen LogP contribution in [0.2, 0.25) is 0 Å². The first-order chi connectivity index (χ1) is 10.0. The number of aryl methyl sites for hydroxylation is 2. The summed E-state index contributed by atoms with van der Waals surface area (Å²) in [5, 5.41) is 0.663. The van der Waals surface area contributed by atoms with Gasteiger partial charge in [0, 0.05) is 11.9 Å². The highest BCUT2D eigenvalue weighted by Gasteiger charge is 2.16. The lowest BCUT2D eigenvalue weighted by molar-refractivity contribution is 0.677. The predicted octanol–water partition coefficient (Wildman–Crippen LogP) is 2.43. The molecule has 0 unspecified atom stereocenters. The van der Waals surface area contributed by atoms with Gasteiger partial charge in [-0.2, -0.15) is 0 Å². The Kier molecular flexibility index (Phi) is 3.29. The fourth-order valence-corrected chi connectivity index (χ4v) is 3.62. The Morgan fingerprint density at radius 2 is 1.76 bits per heavy atom. The molecule has 0 aliphatic carbocycles. The summed E-state index contributed by atoms with van der Waals surface area (Å²) in [6.07, 6.45) is 0. The van der Waals surface area contributed by atoms with E-state index >= 15 is 0 Å².